The summed E-state index contributed by atoms with van der Waals surface area (Å²) in [4.78, 5) is 0. The Bertz CT molecular complexity index is 490. The fourth-order valence-corrected chi connectivity index (χ4v) is 3.06. The van der Waals surface area contributed by atoms with Gasteiger partial charge in [-0.2, -0.15) is 0 Å². The van der Waals surface area contributed by atoms with Gasteiger partial charge < -0.3 is 5.73 Å². The number of nitrogens with two attached hydrogens (primary N) is 1. The summed E-state index contributed by atoms with van der Waals surface area (Å²) in [5, 5.41) is -0.643. The molecule has 2 N–H and O–H groups in total. The maximum absolute atomic E-state index is 13.6. The Morgan fingerprint density at radius 1 is 1.47 bits per heavy atom. The van der Waals surface area contributed by atoms with E-state index in [-0.39, 0.29) is 16.3 Å². The molecule has 1 rings (SSSR count). The molecule has 0 aromatic heterocycles. The molecule has 6 heteroatoms. The summed E-state index contributed by atoms with van der Waals surface area (Å²) < 4.78 is 37.3. The van der Waals surface area contributed by atoms with Crippen LogP contribution in [0, 0.1) is 5.82 Å². The van der Waals surface area contributed by atoms with E-state index < -0.39 is 20.9 Å². The largest absolute Gasteiger partial charge is 0.330 e. The van der Waals surface area contributed by atoms with Crippen LogP contribution in [-0.4, -0.2) is 20.2 Å². The van der Waals surface area contributed by atoms with Gasteiger partial charge in [-0.3, -0.25) is 0 Å². The number of rotatable bonds is 5. The van der Waals surface area contributed by atoms with Crippen molar-refractivity contribution in [3.05, 3.63) is 34.6 Å². The lowest BCUT2D eigenvalue weighted by molar-refractivity contribution is 0.572. The smallest absolute Gasteiger partial charge is 0.157 e. The Morgan fingerprint density at radius 3 is 2.71 bits per heavy atom. The summed E-state index contributed by atoms with van der Waals surface area (Å²) in [6.07, 6.45) is 0.366. The number of halogens is 2. The topological polar surface area (TPSA) is 60.2 Å². The van der Waals surface area contributed by atoms with Gasteiger partial charge in [-0.25, -0.2) is 12.8 Å². The maximum Gasteiger partial charge on any atom is 0.157 e. The highest BCUT2D eigenvalue weighted by Crippen LogP contribution is 2.21. The Hall–Kier alpha value is -0.650. The van der Waals surface area contributed by atoms with Crippen LogP contribution in [0.3, 0.4) is 0 Å². The normalized spacial score (nSPS) is 13.6. The van der Waals surface area contributed by atoms with Crippen LogP contribution >= 0.6 is 11.6 Å². The molecular formula is C11H15ClFNO2S. The average Bonchev–Trinajstić information content (AvgIpc) is 2.25. The van der Waals surface area contributed by atoms with Crippen molar-refractivity contribution in [1.29, 1.82) is 0 Å². The highest BCUT2D eigenvalue weighted by molar-refractivity contribution is 7.91. The van der Waals surface area contributed by atoms with E-state index in [1.165, 1.54) is 18.2 Å². The monoisotopic (exact) mass is 279 g/mol. The Balaban J connectivity index is 2.94. The van der Waals surface area contributed by atoms with Crippen molar-refractivity contribution in [2.75, 3.05) is 6.54 Å². The van der Waals surface area contributed by atoms with Gasteiger partial charge in [0.05, 0.1) is 16.0 Å². The number of hydrogen-bond acceptors (Lipinski definition) is 3. The second-order valence-corrected chi connectivity index (χ2v) is 6.73. The molecule has 0 spiro atoms. The van der Waals surface area contributed by atoms with E-state index in [1.54, 1.807) is 6.92 Å². The van der Waals surface area contributed by atoms with Crippen molar-refractivity contribution in [3.63, 3.8) is 0 Å². The molecule has 1 atom stereocenters. The molecule has 17 heavy (non-hydrogen) atoms. The van der Waals surface area contributed by atoms with Crippen LogP contribution < -0.4 is 5.73 Å². The Kier molecular flexibility index (Phi) is 4.91. The van der Waals surface area contributed by atoms with Crippen LogP contribution in [0.2, 0.25) is 5.02 Å². The van der Waals surface area contributed by atoms with Crippen LogP contribution in [0.15, 0.2) is 18.2 Å². The summed E-state index contributed by atoms with van der Waals surface area (Å²) in [7, 11) is -3.39. The zero-order chi connectivity index (χ0) is 13.1. The summed E-state index contributed by atoms with van der Waals surface area (Å²) in [5.74, 6) is -1.02. The predicted molar refractivity (Wildman–Crippen MR) is 67.2 cm³/mol. The molecule has 0 fully saturated rings. The molecule has 0 saturated heterocycles. The average molecular weight is 280 g/mol. The lowest BCUT2D eigenvalue weighted by atomic mass is 10.2. The zero-order valence-electron chi connectivity index (χ0n) is 9.49. The molecule has 3 nitrogen and oxygen atoms in total. The van der Waals surface area contributed by atoms with E-state index >= 15 is 0 Å². The third kappa shape index (κ3) is 3.66. The van der Waals surface area contributed by atoms with Gasteiger partial charge in [0, 0.05) is 5.56 Å². The molecular weight excluding hydrogens is 265 g/mol. The van der Waals surface area contributed by atoms with Crippen LogP contribution in [-0.2, 0) is 15.6 Å². The van der Waals surface area contributed by atoms with Crippen LogP contribution in [0.4, 0.5) is 4.39 Å². The second kappa shape index (κ2) is 5.80. The van der Waals surface area contributed by atoms with Crippen LogP contribution in [0.25, 0.3) is 0 Å². The lowest BCUT2D eigenvalue weighted by Crippen LogP contribution is -2.23. The first-order chi connectivity index (χ1) is 7.88. The van der Waals surface area contributed by atoms with E-state index in [2.05, 4.69) is 0 Å². The van der Waals surface area contributed by atoms with Crippen molar-refractivity contribution in [1.82, 2.24) is 0 Å². The highest BCUT2D eigenvalue weighted by atomic mass is 35.5. The van der Waals surface area contributed by atoms with Gasteiger partial charge in [0.2, 0.25) is 0 Å². The fraction of sp³-hybridized carbons (Fsp3) is 0.455. The molecule has 0 aliphatic rings. The molecule has 0 heterocycles. The van der Waals surface area contributed by atoms with Crippen molar-refractivity contribution in [2.45, 2.75) is 24.3 Å². The van der Waals surface area contributed by atoms with Crippen LogP contribution in [0.5, 0.6) is 0 Å². The van der Waals surface area contributed by atoms with Gasteiger partial charge in [0.1, 0.15) is 5.82 Å². The van der Waals surface area contributed by atoms with E-state index in [0.717, 1.165) is 0 Å². The summed E-state index contributed by atoms with van der Waals surface area (Å²) in [6.45, 7) is 1.86. The lowest BCUT2D eigenvalue weighted by Gasteiger charge is -2.12. The predicted octanol–water partition coefficient (Wildman–Crippen LogP) is 2.13. The molecule has 0 saturated carbocycles. The van der Waals surface area contributed by atoms with Crippen molar-refractivity contribution < 1.29 is 12.8 Å². The van der Waals surface area contributed by atoms with E-state index in [1.807, 2.05) is 0 Å². The number of sulfone groups is 1. The third-order valence-electron chi connectivity index (χ3n) is 2.57. The van der Waals surface area contributed by atoms with Crippen LogP contribution in [0.1, 0.15) is 18.9 Å². The summed E-state index contributed by atoms with van der Waals surface area (Å²) >= 11 is 5.59. The summed E-state index contributed by atoms with van der Waals surface area (Å²) in [6, 6.07) is 4.34. The standard InChI is InChI=1S/C11H15ClFNO2S/c1-8(5-6-14)17(15,16)7-9-3-2-4-10(12)11(9)13/h2-4,8H,5-7,14H2,1H3. The van der Waals surface area contributed by atoms with Crippen molar-refractivity contribution in [3.8, 4) is 0 Å². The Morgan fingerprint density at radius 2 is 2.12 bits per heavy atom. The second-order valence-electron chi connectivity index (χ2n) is 3.91. The van der Waals surface area contributed by atoms with E-state index in [0.29, 0.717) is 13.0 Å². The minimum absolute atomic E-state index is 0.0656. The molecule has 0 aliphatic carbocycles. The number of hydrogen-bond donors (Lipinski definition) is 1. The van der Waals surface area contributed by atoms with Gasteiger partial charge in [-0.15, -0.1) is 0 Å². The van der Waals surface area contributed by atoms with Gasteiger partial charge in [0.15, 0.2) is 9.84 Å². The van der Waals surface area contributed by atoms with E-state index in [4.69, 9.17) is 17.3 Å². The first-order valence-corrected chi connectivity index (χ1v) is 7.32. The highest BCUT2D eigenvalue weighted by Gasteiger charge is 2.22. The van der Waals surface area contributed by atoms with E-state index in [9.17, 15) is 12.8 Å². The maximum atomic E-state index is 13.6. The fourth-order valence-electron chi connectivity index (χ4n) is 1.43. The first-order valence-electron chi connectivity index (χ1n) is 5.23. The Labute approximate surface area is 106 Å². The molecule has 0 radical (unpaired) electrons. The minimum Gasteiger partial charge on any atom is -0.330 e. The quantitative estimate of drug-likeness (QED) is 0.898. The summed E-state index contributed by atoms with van der Waals surface area (Å²) in [5.41, 5.74) is 5.41. The molecule has 1 aromatic carbocycles. The van der Waals surface area contributed by atoms with Gasteiger partial charge in [0.25, 0.3) is 0 Å². The minimum atomic E-state index is -3.39. The first kappa shape index (κ1) is 14.4. The van der Waals surface area contributed by atoms with Crippen molar-refractivity contribution >= 4 is 21.4 Å². The van der Waals surface area contributed by atoms with Gasteiger partial charge in [-0.1, -0.05) is 23.7 Å². The number of benzene rings is 1. The van der Waals surface area contributed by atoms with Gasteiger partial charge in [-0.05, 0) is 26.0 Å². The molecule has 0 amide bonds. The molecule has 96 valence electrons. The van der Waals surface area contributed by atoms with Gasteiger partial charge >= 0.3 is 0 Å². The SMILES string of the molecule is CC(CCN)S(=O)(=O)Cc1cccc(Cl)c1F. The molecule has 1 aromatic rings. The molecule has 0 bridgehead atoms. The van der Waals surface area contributed by atoms with Crippen molar-refractivity contribution in [2.24, 2.45) is 5.73 Å². The zero-order valence-corrected chi connectivity index (χ0v) is 11.1. The molecule has 0 aliphatic heterocycles. The molecule has 1 unspecified atom stereocenters. The third-order valence-corrected chi connectivity index (χ3v) is 5.04.